The highest BCUT2D eigenvalue weighted by Gasteiger charge is 2.70. The summed E-state index contributed by atoms with van der Waals surface area (Å²) in [5, 5.41) is 0. The molecule has 2 saturated carbocycles. The largest absolute Gasteiger partial charge is 0.344 e. The Bertz CT molecular complexity index is 431. The zero-order chi connectivity index (χ0) is 15.7. The van der Waals surface area contributed by atoms with Crippen LogP contribution in [0.5, 0.6) is 0 Å². The Labute approximate surface area is 131 Å². The first-order chi connectivity index (χ1) is 9.65. The van der Waals surface area contributed by atoms with E-state index < -0.39 is 5.79 Å². The second-order valence-electron chi connectivity index (χ2n) is 8.85. The van der Waals surface area contributed by atoms with Gasteiger partial charge in [0.1, 0.15) is 5.60 Å². The summed E-state index contributed by atoms with van der Waals surface area (Å²) in [4.78, 5) is 0. The van der Waals surface area contributed by atoms with Gasteiger partial charge in [0.15, 0.2) is 5.79 Å². The molecule has 1 aliphatic heterocycles. The van der Waals surface area contributed by atoms with Crippen molar-refractivity contribution in [3.63, 3.8) is 0 Å². The van der Waals surface area contributed by atoms with Gasteiger partial charge < -0.3 is 9.47 Å². The molecule has 3 fully saturated rings. The third-order valence-corrected chi connectivity index (χ3v) is 8.01. The van der Waals surface area contributed by atoms with Crippen LogP contribution in [0, 0.1) is 22.7 Å². The summed E-state index contributed by atoms with van der Waals surface area (Å²) in [6.45, 7) is 16.4. The van der Waals surface area contributed by atoms with E-state index in [0.717, 1.165) is 18.3 Å². The maximum absolute atomic E-state index is 6.62. The lowest BCUT2D eigenvalue weighted by atomic mass is 9.48. The molecule has 0 aromatic carbocycles. The topological polar surface area (TPSA) is 18.5 Å². The molecule has 0 bridgehead atoms. The van der Waals surface area contributed by atoms with Gasteiger partial charge in [-0.1, -0.05) is 34.6 Å². The van der Waals surface area contributed by atoms with Crippen molar-refractivity contribution in [3.05, 3.63) is 0 Å². The molecule has 2 aliphatic carbocycles. The Morgan fingerprint density at radius 2 is 1.67 bits per heavy atom. The highest BCUT2D eigenvalue weighted by atomic mass is 16.8. The summed E-state index contributed by atoms with van der Waals surface area (Å²) in [5.41, 5.74) is 0.477. The van der Waals surface area contributed by atoms with Crippen LogP contribution in [0.1, 0.15) is 80.6 Å². The molecule has 2 heteroatoms. The average molecular weight is 294 g/mol. The van der Waals surface area contributed by atoms with E-state index in [-0.39, 0.29) is 17.1 Å². The fourth-order valence-corrected chi connectivity index (χ4v) is 6.08. The Morgan fingerprint density at radius 1 is 1.00 bits per heavy atom. The van der Waals surface area contributed by atoms with Gasteiger partial charge in [0, 0.05) is 0 Å². The van der Waals surface area contributed by atoms with Gasteiger partial charge in [-0.05, 0) is 68.6 Å². The average Bonchev–Trinajstić information content (AvgIpc) is 2.88. The van der Waals surface area contributed by atoms with E-state index in [1.54, 1.807) is 0 Å². The van der Waals surface area contributed by atoms with E-state index in [1.807, 2.05) is 0 Å². The van der Waals surface area contributed by atoms with Crippen molar-refractivity contribution >= 4 is 0 Å². The van der Waals surface area contributed by atoms with Crippen molar-refractivity contribution in [2.24, 2.45) is 22.7 Å². The van der Waals surface area contributed by atoms with Gasteiger partial charge in [-0.2, -0.15) is 0 Å². The lowest BCUT2D eigenvalue weighted by Crippen LogP contribution is -2.62. The van der Waals surface area contributed by atoms with Gasteiger partial charge in [-0.3, -0.25) is 0 Å². The Morgan fingerprint density at radius 3 is 2.24 bits per heavy atom. The summed E-state index contributed by atoms with van der Waals surface area (Å²) in [5.74, 6) is 1.18. The molecular formula is C19H34O2. The first-order valence-corrected chi connectivity index (χ1v) is 9.03. The molecule has 0 amide bonds. The second kappa shape index (κ2) is 4.47. The maximum atomic E-state index is 6.62. The Hall–Kier alpha value is -0.0800. The molecular weight excluding hydrogens is 260 g/mol. The van der Waals surface area contributed by atoms with Crippen molar-refractivity contribution in [3.8, 4) is 0 Å². The lowest BCUT2D eigenvalue weighted by Gasteiger charge is -2.59. The molecule has 0 radical (unpaired) electrons. The molecule has 3 rings (SSSR count). The summed E-state index contributed by atoms with van der Waals surface area (Å²) in [6.07, 6.45) is 6.36. The van der Waals surface area contributed by atoms with Crippen molar-refractivity contribution < 1.29 is 9.47 Å². The van der Waals surface area contributed by atoms with E-state index in [4.69, 9.17) is 9.47 Å². The standard InChI is InChI=1S/C19H34O2/c1-8-17(6)20-15-12-19(9-2)13(3)10-11-14(19)16(4,5)18(15,7)21-17/h13-15H,8-12H2,1-7H3/t13-,14+,15+,17-,18+,19-/m1/s1. The predicted molar refractivity (Wildman–Crippen MR) is 86.1 cm³/mol. The quantitative estimate of drug-likeness (QED) is 0.700. The van der Waals surface area contributed by atoms with Crippen LogP contribution >= 0.6 is 0 Å². The number of ether oxygens (including phenoxy) is 2. The fraction of sp³-hybridized carbons (Fsp3) is 1.00. The summed E-state index contributed by atoms with van der Waals surface area (Å²) >= 11 is 0. The zero-order valence-electron chi connectivity index (χ0n) is 15.1. The highest BCUT2D eigenvalue weighted by Crippen LogP contribution is 2.69. The number of hydrogen-bond donors (Lipinski definition) is 0. The van der Waals surface area contributed by atoms with Crippen molar-refractivity contribution in [2.45, 2.75) is 98.1 Å². The third kappa shape index (κ3) is 1.78. The van der Waals surface area contributed by atoms with E-state index in [2.05, 4.69) is 48.5 Å². The van der Waals surface area contributed by atoms with Crippen LogP contribution in [0.3, 0.4) is 0 Å². The lowest BCUT2D eigenvalue weighted by molar-refractivity contribution is -0.210. The molecule has 6 atom stereocenters. The molecule has 1 heterocycles. The van der Waals surface area contributed by atoms with Gasteiger partial charge in [-0.15, -0.1) is 0 Å². The molecule has 21 heavy (non-hydrogen) atoms. The summed E-state index contributed by atoms with van der Waals surface area (Å²) < 4.78 is 13.1. The minimum atomic E-state index is -0.395. The molecule has 3 aliphatic rings. The van der Waals surface area contributed by atoms with Crippen LogP contribution in [0.15, 0.2) is 0 Å². The van der Waals surface area contributed by atoms with Crippen LogP contribution < -0.4 is 0 Å². The van der Waals surface area contributed by atoms with E-state index in [0.29, 0.717) is 5.41 Å². The van der Waals surface area contributed by atoms with Gasteiger partial charge in [-0.25, -0.2) is 0 Å². The molecule has 0 aromatic heterocycles. The fourth-order valence-electron chi connectivity index (χ4n) is 6.08. The first kappa shape index (κ1) is 15.8. The summed E-state index contributed by atoms with van der Waals surface area (Å²) in [7, 11) is 0. The van der Waals surface area contributed by atoms with Crippen LogP contribution in [0.2, 0.25) is 0 Å². The van der Waals surface area contributed by atoms with Crippen molar-refractivity contribution in [2.75, 3.05) is 0 Å². The van der Waals surface area contributed by atoms with Crippen LogP contribution in [0.4, 0.5) is 0 Å². The zero-order valence-corrected chi connectivity index (χ0v) is 15.1. The molecule has 2 nitrogen and oxygen atoms in total. The molecule has 0 N–H and O–H groups in total. The van der Waals surface area contributed by atoms with Gasteiger partial charge >= 0.3 is 0 Å². The number of hydrogen-bond acceptors (Lipinski definition) is 2. The monoisotopic (exact) mass is 294 g/mol. The van der Waals surface area contributed by atoms with Crippen LogP contribution in [0.25, 0.3) is 0 Å². The molecule has 0 spiro atoms. The Kier molecular flexibility index (Phi) is 3.37. The minimum absolute atomic E-state index is 0.148. The molecule has 122 valence electrons. The van der Waals surface area contributed by atoms with Gasteiger partial charge in [0.05, 0.1) is 6.10 Å². The van der Waals surface area contributed by atoms with E-state index in [9.17, 15) is 0 Å². The number of fused-ring (bicyclic) bond motifs is 2. The SMILES string of the molecule is CC[C@]1(C)O[C@H]2C[C@]3(CC)[C@H](C)CC[C@H]3C(C)(C)[C@@]2(C)O1. The van der Waals surface area contributed by atoms with Crippen molar-refractivity contribution in [1.82, 2.24) is 0 Å². The molecule has 0 aromatic rings. The molecule has 0 unspecified atom stereocenters. The number of rotatable bonds is 2. The van der Waals surface area contributed by atoms with E-state index >= 15 is 0 Å². The Balaban J connectivity index is 2.06. The molecule has 1 saturated heterocycles. The maximum Gasteiger partial charge on any atom is 0.166 e. The van der Waals surface area contributed by atoms with Crippen molar-refractivity contribution in [1.29, 1.82) is 0 Å². The van der Waals surface area contributed by atoms with Crippen LogP contribution in [-0.4, -0.2) is 17.5 Å². The van der Waals surface area contributed by atoms with E-state index in [1.165, 1.54) is 25.7 Å². The smallest absolute Gasteiger partial charge is 0.166 e. The minimum Gasteiger partial charge on any atom is -0.344 e. The summed E-state index contributed by atoms with van der Waals surface area (Å²) in [6, 6.07) is 0. The highest BCUT2D eigenvalue weighted by molar-refractivity contribution is 5.17. The normalized spacial score (nSPS) is 55.3. The predicted octanol–water partition coefficient (Wildman–Crippen LogP) is 5.16. The van der Waals surface area contributed by atoms with Gasteiger partial charge in [0.25, 0.3) is 0 Å². The first-order valence-electron chi connectivity index (χ1n) is 9.03. The van der Waals surface area contributed by atoms with Crippen LogP contribution in [-0.2, 0) is 9.47 Å². The third-order valence-electron chi connectivity index (χ3n) is 8.01. The van der Waals surface area contributed by atoms with Gasteiger partial charge in [0.2, 0.25) is 0 Å². The second-order valence-corrected chi connectivity index (χ2v) is 8.85.